The van der Waals surface area contributed by atoms with Gasteiger partial charge in [-0.2, -0.15) is 0 Å². The Bertz CT molecular complexity index is 839. The molecule has 0 fully saturated rings. The van der Waals surface area contributed by atoms with E-state index in [0.29, 0.717) is 12.3 Å². The van der Waals surface area contributed by atoms with Gasteiger partial charge >= 0.3 is 0 Å². The summed E-state index contributed by atoms with van der Waals surface area (Å²) in [5.41, 5.74) is 3.44. The number of benzene rings is 2. The van der Waals surface area contributed by atoms with Crippen LogP contribution in [0.25, 0.3) is 10.2 Å². The van der Waals surface area contributed by atoms with Crippen molar-refractivity contribution in [2.24, 2.45) is 0 Å². The van der Waals surface area contributed by atoms with Gasteiger partial charge in [0.2, 0.25) is 0 Å². The molecule has 1 atom stereocenters. The summed E-state index contributed by atoms with van der Waals surface area (Å²) >= 11 is 1.61. The Morgan fingerprint density at radius 3 is 2.58 bits per heavy atom. The van der Waals surface area contributed by atoms with E-state index in [2.05, 4.69) is 42.3 Å². The third kappa shape index (κ3) is 3.82. The molecule has 1 heterocycles. The van der Waals surface area contributed by atoms with E-state index in [-0.39, 0.29) is 11.8 Å². The molecule has 0 radical (unpaired) electrons. The van der Waals surface area contributed by atoms with Crippen molar-refractivity contribution in [1.29, 1.82) is 0 Å². The average molecular weight is 338 g/mol. The summed E-state index contributed by atoms with van der Waals surface area (Å²) in [5.74, 6) is 0.622. The number of carbonyl (C=O) groups excluding carboxylic acids is 1. The number of nitrogens with one attached hydrogen (secondary N) is 1. The summed E-state index contributed by atoms with van der Waals surface area (Å²) in [6.45, 7) is 6.00. The van der Waals surface area contributed by atoms with Gasteiger partial charge < -0.3 is 5.32 Å². The lowest BCUT2D eigenvalue weighted by Crippen LogP contribution is -2.29. The molecule has 0 saturated heterocycles. The molecule has 24 heavy (non-hydrogen) atoms. The summed E-state index contributed by atoms with van der Waals surface area (Å²) in [6.07, 6.45) is 0.670. The fraction of sp³-hybridized carbons (Fsp3) is 0.300. The van der Waals surface area contributed by atoms with E-state index in [1.165, 1.54) is 5.56 Å². The van der Waals surface area contributed by atoms with Crippen LogP contribution in [0.2, 0.25) is 0 Å². The largest absolute Gasteiger partial charge is 0.351 e. The molecular formula is C20H22N2OS. The van der Waals surface area contributed by atoms with E-state index in [9.17, 15) is 4.79 Å². The monoisotopic (exact) mass is 338 g/mol. The highest BCUT2D eigenvalue weighted by molar-refractivity contribution is 7.22. The van der Waals surface area contributed by atoms with E-state index < -0.39 is 0 Å². The Morgan fingerprint density at radius 2 is 1.92 bits per heavy atom. The summed E-state index contributed by atoms with van der Waals surface area (Å²) in [7, 11) is 0. The minimum absolute atomic E-state index is 0.126. The van der Waals surface area contributed by atoms with Crippen molar-refractivity contribution in [3.05, 3.63) is 59.7 Å². The average Bonchev–Trinajstić information content (AvgIpc) is 2.96. The van der Waals surface area contributed by atoms with Crippen molar-refractivity contribution in [2.45, 2.75) is 39.2 Å². The van der Waals surface area contributed by atoms with Crippen LogP contribution in [0, 0.1) is 0 Å². The van der Waals surface area contributed by atoms with Gasteiger partial charge in [-0.1, -0.05) is 61.6 Å². The molecule has 3 aromatic rings. The minimum Gasteiger partial charge on any atom is -0.351 e. The van der Waals surface area contributed by atoms with Gasteiger partial charge in [0.25, 0.3) is 0 Å². The smallest absolute Gasteiger partial charge is 0.184 e. The first-order chi connectivity index (χ1) is 11.5. The predicted octanol–water partition coefficient (Wildman–Crippen LogP) is 5.03. The van der Waals surface area contributed by atoms with Crippen molar-refractivity contribution in [3.8, 4) is 0 Å². The number of fused-ring (bicyclic) bond motifs is 1. The molecule has 0 amide bonds. The van der Waals surface area contributed by atoms with Gasteiger partial charge in [-0.05, 0) is 42.5 Å². The number of aromatic nitrogens is 1. The molecule has 3 rings (SSSR count). The number of ketones is 1. The second kappa shape index (κ2) is 7.14. The highest BCUT2D eigenvalue weighted by Gasteiger charge is 2.17. The van der Waals surface area contributed by atoms with Gasteiger partial charge in [-0.25, -0.2) is 4.98 Å². The Hall–Kier alpha value is -2.20. The number of Topliss-reactive ketones (excluding diaryl/α,β-unsaturated/α-hetero) is 1. The molecule has 1 unspecified atom stereocenters. The maximum Gasteiger partial charge on any atom is 0.184 e. The van der Waals surface area contributed by atoms with Gasteiger partial charge in [-0.3, -0.25) is 4.79 Å². The number of nitrogens with zero attached hydrogens (tertiary/aromatic N) is 1. The highest BCUT2D eigenvalue weighted by atomic mass is 32.1. The first kappa shape index (κ1) is 16.7. The van der Waals surface area contributed by atoms with Gasteiger partial charge in [0.15, 0.2) is 10.9 Å². The van der Waals surface area contributed by atoms with Gasteiger partial charge in [0.1, 0.15) is 0 Å². The van der Waals surface area contributed by atoms with Crippen LogP contribution < -0.4 is 5.32 Å². The van der Waals surface area contributed by atoms with E-state index in [0.717, 1.165) is 20.9 Å². The Labute approximate surface area is 146 Å². The van der Waals surface area contributed by atoms with Crippen molar-refractivity contribution < 1.29 is 4.79 Å². The maximum absolute atomic E-state index is 12.0. The van der Waals surface area contributed by atoms with Crippen LogP contribution in [0.4, 0.5) is 5.13 Å². The summed E-state index contributed by atoms with van der Waals surface area (Å²) in [4.78, 5) is 16.7. The van der Waals surface area contributed by atoms with Crippen LogP contribution in [0.15, 0.2) is 48.5 Å². The summed E-state index contributed by atoms with van der Waals surface area (Å²) in [6, 6.07) is 16.2. The normalized spacial score (nSPS) is 12.5. The third-order valence-electron chi connectivity index (χ3n) is 4.15. The Kier molecular flexibility index (Phi) is 4.95. The molecule has 124 valence electrons. The molecule has 4 heteroatoms. The first-order valence-electron chi connectivity index (χ1n) is 8.24. The van der Waals surface area contributed by atoms with Crippen LogP contribution in [0.5, 0.6) is 0 Å². The number of hydrogen-bond acceptors (Lipinski definition) is 4. The fourth-order valence-electron chi connectivity index (χ4n) is 2.66. The molecule has 0 spiro atoms. The Balaban J connectivity index is 1.82. The fourth-order valence-corrected chi connectivity index (χ4v) is 3.62. The molecule has 0 bridgehead atoms. The van der Waals surface area contributed by atoms with Crippen LogP contribution in [0.1, 0.15) is 37.8 Å². The summed E-state index contributed by atoms with van der Waals surface area (Å²) < 4.78 is 1.16. The molecule has 0 aliphatic heterocycles. The van der Waals surface area contributed by atoms with Crippen LogP contribution in [-0.2, 0) is 11.2 Å². The zero-order valence-electron chi connectivity index (χ0n) is 14.2. The Morgan fingerprint density at radius 1 is 1.17 bits per heavy atom. The maximum atomic E-state index is 12.0. The molecule has 0 saturated carbocycles. The lowest BCUT2D eigenvalue weighted by molar-refractivity contribution is -0.117. The van der Waals surface area contributed by atoms with E-state index in [1.54, 1.807) is 18.3 Å². The van der Waals surface area contributed by atoms with Crippen LogP contribution >= 0.6 is 11.3 Å². The zero-order valence-corrected chi connectivity index (χ0v) is 15.1. The zero-order chi connectivity index (χ0) is 17.1. The lowest BCUT2D eigenvalue weighted by atomic mass is 10.0. The topological polar surface area (TPSA) is 42.0 Å². The van der Waals surface area contributed by atoms with Gasteiger partial charge in [0.05, 0.1) is 16.3 Å². The number of anilines is 1. The SMILES string of the molecule is CC(=O)C(Cc1ccccc1)Nc1nc2ccc(C(C)C)cc2s1. The van der Waals surface area contributed by atoms with Crippen molar-refractivity contribution >= 4 is 32.5 Å². The van der Waals surface area contributed by atoms with Crippen LogP contribution in [-0.4, -0.2) is 16.8 Å². The molecule has 0 aliphatic rings. The van der Waals surface area contributed by atoms with Gasteiger partial charge in [-0.15, -0.1) is 0 Å². The van der Waals surface area contributed by atoms with Crippen molar-refractivity contribution in [3.63, 3.8) is 0 Å². The molecule has 0 aliphatic carbocycles. The molecule has 3 nitrogen and oxygen atoms in total. The molecule has 1 aromatic heterocycles. The first-order valence-corrected chi connectivity index (χ1v) is 9.06. The second-order valence-corrected chi connectivity index (χ2v) is 7.43. The van der Waals surface area contributed by atoms with Gasteiger partial charge in [0, 0.05) is 0 Å². The lowest BCUT2D eigenvalue weighted by Gasteiger charge is -2.15. The number of rotatable bonds is 6. The molecule has 2 aromatic carbocycles. The standard InChI is InChI=1S/C20H22N2OS/c1-13(2)16-9-10-17-19(12-16)24-20(21-17)22-18(14(3)23)11-15-7-5-4-6-8-15/h4-10,12-13,18H,11H2,1-3H3,(H,21,22). The van der Waals surface area contributed by atoms with Crippen molar-refractivity contribution in [2.75, 3.05) is 5.32 Å². The molecule has 1 N–H and O–H groups in total. The quantitative estimate of drug-likeness (QED) is 0.685. The van der Waals surface area contributed by atoms with E-state index in [1.807, 2.05) is 30.3 Å². The minimum atomic E-state index is -0.252. The predicted molar refractivity (Wildman–Crippen MR) is 102 cm³/mol. The third-order valence-corrected chi connectivity index (χ3v) is 5.10. The van der Waals surface area contributed by atoms with E-state index >= 15 is 0 Å². The number of hydrogen-bond donors (Lipinski definition) is 1. The second-order valence-electron chi connectivity index (χ2n) is 6.40. The summed E-state index contributed by atoms with van der Waals surface area (Å²) in [5, 5.41) is 4.13. The van der Waals surface area contributed by atoms with E-state index in [4.69, 9.17) is 0 Å². The number of carbonyl (C=O) groups is 1. The number of thiazole rings is 1. The van der Waals surface area contributed by atoms with Crippen molar-refractivity contribution in [1.82, 2.24) is 4.98 Å². The molecular weight excluding hydrogens is 316 g/mol. The van der Waals surface area contributed by atoms with Crippen LogP contribution in [0.3, 0.4) is 0 Å². The highest BCUT2D eigenvalue weighted by Crippen LogP contribution is 2.29.